The van der Waals surface area contributed by atoms with Gasteiger partial charge in [0.15, 0.2) is 11.6 Å². The summed E-state index contributed by atoms with van der Waals surface area (Å²) in [7, 11) is -3.93. The number of carbonyl (C=O) groups is 1. The first-order valence-electron chi connectivity index (χ1n) is 8.03. The first-order valence-corrected chi connectivity index (χ1v) is 10.2. The van der Waals surface area contributed by atoms with Crippen molar-refractivity contribution in [1.82, 2.24) is 4.31 Å². The molecule has 0 spiro atoms. The minimum absolute atomic E-state index is 0.0356. The van der Waals surface area contributed by atoms with E-state index in [2.05, 4.69) is 5.32 Å². The third-order valence-electron chi connectivity index (χ3n) is 4.19. The summed E-state index contributed by atoms with van der Waals surface area (Å²) in [5.74, 6) is -3.33. The van der Waals surface area contributed by atoms with Crippen molar-refractivity contribution in [2.24, 2.45) is 0 Å². The zero-order valence-corrected chi connectivity index (χ0v) is 16.5. The Labute approximate surface area is 169 Å². The number of halogens is 4. The molecule has 150 valence electrons. The van der Waals surface area contributed by atoms with E-state index in [9.17, 15) is 27.1 Å². The van der Waals surface area contributed by atoms with Crippen molar-refractivity contribution >= 4 is 44.8 Å². The highest BCUT2D eigenvalue weighted by Gasteiger charge is 2.32. The molecule has 6 nitrogen and oxygen atoms in total. The summed E-state index contributed by atoms with van der Waals surface area (Å²) < 4.78 is 53.2. The molecule has 0 saturated carbocycles. The number of rotatable bonds is 4. The molecule has 1 saturated heterocycles. The molecule has 11 heteroatoms. The molecule has 0 aromatic heterocycles. The fourth-order valence-electron chi connectivity index (χ4n) is 2.74. The molecule has 0 bridgehead atoms. The Kier molecular flexibility index (Phi) is 5.92. The van der Waals surface area contributed by atoms with Gasteiger partial charge in [-0.1, -0.05) is 23.2 Å². The van der Waals surface area contributed by atoms with E-state index >= 15 is 0 Å². The molecule has 2 aromatic carbocycles. The lowest BCUT2D eigenvalue weighted by Crippen LogP contribution is -2.30. The fourth-order valence-corrected chi connectivity index (χ4v) is 4.67. The van der Waals surface area contributed by atoms with Crippen molar-refractivity contribution in [3.05, 3.63) is 57.6 Å². The van der Waals surface area contributed by atoms with Crippen LogP contribution in [0.25, 0.3) is 0 Å². The van der Waals surface area contributed by atoms with E-state index in [1.807, 2.05) is 0 Å². The molecule has 1 heterocycles. The van der Waals surface area contributed by atoms with Crippen LogP contribution in [0, 0.1) is 11.6 Å². The van der Waals surface area contributed by atoms with Crippen LogP contribution < -0.4 is 5.32 Å². The average Bonchev–Trinajstić information content (AvgIpc) is 3.07. The van der Waals surface area contributed by atoms with Gasteiger partial charge in [-0.05, 0) is 30.7 Å². The summed E-state index contributed by atoms with van der Waals surface area (Å²) in [6.07, 6.45) is -0.431. The smallest absolute Gasteiger partial charge is 0.257 e. The van der Waals surface area contributed by atoms with Crippen LogP contribution in [0.3, 0.4) is 0 Å². The van der Waals surface area contributed by atoms with Crippen molar-refractivity contribution in [1.29, 1.82) is 0 Å². The third kappa shape index (κ3) is 4.13. The predicted octanol–water partition coefficient (Wildman–Crippen LogP) is 3.28. The van der Waals surface area contributed by atoms with E-state index < -0.39 is 38.7 Å². The third-order valence-corrected chi connectivity index (χ3v) is 6.65. The highest BCUT2D eigenvalue weighted by molar-refractivity contribution is 7.89. The highest BCUT2D eigenvalue weighted by atomic mass is 35.5. The molecule has 1 aliphatic heterocycles. The second-order valence-corrected chi connectivity index (χ2v) is 8.91. The maximum Gasteiger partial charge on any atom is 0.257 e. The maximum atomic E-state index is 13.5. The lowest BCUT2D eigenvalue weighted by molar-refractivity contribution is 0.102. The van der Waals surface area contributed by atoms with Crippen molar-refractivity contribution in [2.45, 2.75) is 17.4 Å². The second kappa shape index (κ2) is 7.92. The SMILES string of the molecule is O=C(Nc1cc(F)c(F)c(Cl)c1)c1cc(S(=O)(=O)N2CCC(O)C2)ccc1Cl. The second-order valence-electron chi connectivity index (χ2n) is 6.16. The Morgan fingerprint density at radius 3 is 2.50 bits per heavy atom. The monoisotopic (exact) mass is 450 g/mol. The summed E-state index contributed by atoms with van der Waals surface area (Å²) in [5, 5.41) is 11.3. The van der Waals surface area contributed by atoms with Crippen LogP contribution in [0.1, 0.15) is 16.8 Å². The highest BCUT2D eigenvalue weighted by Crippen LogP contribution is 2.27. The molecular formula is C17H14Cl2F2N2O4S. The van der Waals surface area contributed by atoms with Gasteiger partial charge in [0.05, 0.1) is 26.6 Å². The van der Waals surface area contributed by atoms with Crippen LogP contribution in [0.2, 0.25) is 10.0 Å². The van der Waals surface area contributed by atoms with Crippen molar-refractivity contribution in [3.63, 3.8) is 0 Å². The van der Waals surface area contributed by atoms with Crippen LogP contribution in [0.4, 0.5) is 14.5 Å². The van der Waals surface area contributed by atoms with E-state index in [-0.39, 0.29) is 34.3 Å². The zero-order chi connectivity index (χ0) is 20.6. The quantitative estimate of drug-likeness (QED) is 0.699. The van der Waals surface area contributed by atoms with Crippen molar-refractivity contribution in [2.75, 3.05) is 18.4 Å². The Bertz CT molecular complexity index is 1030. The predicted molar refractivity (Wildman–Crippen MR) is 100 cm³/mol. The van der Waals surface area contributed by atoms with Gasteiger partial charge < -0.3 is 10.4 Å². The van der Waals surface area contributed by atoms with E-state index in [0.717, 1.165) is 22.5 Å². The molecule has 28 heavy (non-hydrogen) atoms. The van der Waals surface area contributed by atoms with Gasteiger partial charge in [0, 0.05) is 24.8 Å². The summed E-state index contributed by atoms with van der Waals surface area (Å²) in [6, 6.07) is 5.32. The molecule has 1 amide bonds. The number of hydrogen-bond donors (Lipinski definition) is 2. The van der Waals surface area contributed by atoms with Gasteiger partial charge in [0.25, 0.3) is 5.91 Å². The summed E-state index contributed by atoms with van der Waals surface area (Å²) >= 11 is 11.6. The van der Waals surface area contributed by atoms with Crippen molar-refractivity contribution in [3.8, 4) is 0 Å². The van der Waals surface area contributed by atoms with Gasteiger partial charge in [-0.3, -0.25) is 4.79 Å². The molecule has 1 fully saturated rings. The zero-order valence-electron chi connectivity index (χ0n) is 14.1. The van der Waals surface area contributed by atoms with Gasteiger partial charge in [0.1, 0.15) is 0 Å². The molecule has 2 aromatic rings. The molecule has 0 radical (unpaired) electrons. The first-order chi connectivity index (χ1) is 13.1. The molecule has 2 N–H and O–H groups in total. The summed E-state index contributed by atoms with van der Waals surface area (Å²) in [4.78, 5) is 12.3. The molecule has 3 rings (SSSR count). The molecule has 1 aliphatic rings. The van der Waals surface area contributed by atoms with Gasteiger partial charge >= 0.3 is 0 Å². The minimum atomic E-state index is -3.93. The topological polar surface area (TPSA) is 86.7 Å². The fraction of sp³-hybridized carbons (Fsp3) is 0.235. The molecule has 1 unspecified atom stereocenters. The number of sulfonamides is 1. The molecule has 1 atom stereocenters. The van der Waals surface area contributed by atoms with Crippen LogP contribution in [0.5, 0.6) is 0 Å². The Morgan fingerprint density at radius 1 is 1.18 bits per heavy atom. The maximum absolute atomic E-state index is 13.5. The van der Waals surface area contributed by atoms with Crippen molar-refractivity contribution < 1.29 is 27.1 Å². The Morgan fingerprint density at radius 2 is 1.89 bits per heavy atom. The number of anilines is 1. The number of aliphatic hydroxyl groups is 1. The van der Waals surface area contributed by atoms with E-state index in [0.29, 0.717) is 6.42 Å². The number of β-amino-alcohol motifs (C(OH)–C–C–N with tert-alkyl or cyclic N) is 1. The van der Waals surface area contributed by atoms with Gasteiger partial charge in [0.2, 0.25) is 10.0 Å². The Hall–Kier alpha value is -1.78. The van der Waals surface area contributed by atoms with Gasteiger partial charge in [-0.2, -0.15) is 4.31 Å². The number of carbonyl (C=O) groups excluding carboxylic acids is 1. The van der Waals surface area contributed by atoms with E-state index in [4.69, 9.17) is 23.2 Å². The largest absolute Gasteiger partial charge is 0.392 e. The molecule has 0 aliphatic carbocycles. The van der Waals surface area contributed by atoms with E-state index in [1.54, 1.807) is 0 Å². The number of nitrogens with one attached hydrogen (secondary N) is 1. The van der Waals surface area contributed by atoms with Crippen LogP contribution in [-0.4, -0.2) is 42.9 Å². The molecular weight excluding hydrogens is 437 g/mol. The summed E-state index contributed by atoms with van der Waals surface area (Å²) in [6.45, 7) is 0.112. The number of nitrogens with zero attached hydrogens (tertiary/aromatic N) is 1. The first kappa shape index (κ1) is 20.9. The van der Waals surface area contributed by atoms with Gasteiger partial charge in [-0.25, -0.2) is 17.2 Å². The number of aliphatic hydroxyl groups excluding tert-OH is 1. The number of amides is 1. The normalized spacial score (nSPS) is 17.7. The van der Waals surface area contributed by atoms with Crippen LogP contribution in [0.15, 0.2) is 35.2 Å². The lowest BCUT2D eigenvalue weighted by atomic mass is 10.2. The minimum Gasteiger partial charge on any atom is -0.392 e. The van der Waals surface area contributed by atoms with Crippen LogP contribution in [-0.2, 0) is 10.0 Å². The Balaban J connectivity index is 1.90. The standard InChI is InChI=1S/C17H14Cl2F2N2O4S/c18-13-2-1-11(28(26,27)23-4-3-10(24)8-23)7-12(13)17(25)22-9-5-14(19)16(21)15(20)6-9/h1-2,5-7,10,24H,3-4,8H2,(H,22,25). The van der Waals surface area contributed by atoms with Gasteiger partial charge in [-0.15, -0.1) is 0 Å². The van der Waals surface area contributed by atoms with Crippen LogP contribution >= 0.6 is 23.2 Å². The number of hydrogen-bond acceptors (Lipinski definition) is 4. The lowest BCUT2D eigenvalue weighted by Gasteiger charge is -2.16. The number of benzene rings is 2. The average molecular weight is 451 g/mol. The summed E-state index contributed by atoms with van der Waals surface area (Å²) in [5.41, 5.74) is -0.302. The van der Waals surface area contributed by atoms with E-state index in [1.165, 1.54) is 12.1 Å².